The van der Waals surface area contributed by atoms with Crippen molar-refractivity contribution < 1.29 is 19.1 Å². The molecule has 0 saturated heterocycles. The molecule has 172 valence electrons. The molecule has 0 fully saturated rings. The van der Waals surface area contributed by atoms with E-state index in [1.807, 2.05) is 29.6 Å². The quantitative estimate of drug-likeness (QED) is 0.413. The number of thiophene rings is 1. The van der Waals surface area contributed by atoms with Crippen LogP contribution in [0.5, 0.6) is 5.75 Å². The zero-order chi connectivity index (χ0) is 23.2. The van der Waals surface area contributed by atoms with Gasteiger partial charge in [-0.25, -0.2) is 4.79 Å². The number of nitrogens with one attached hydrogen (secondary N) is 1. The first-order valence-corrected chi connectivity index (χ1v) is 12.3. The van der Waals surface area contributed by atoms with E-state index in [-0.39, 0.29) is 12.5 Å². The summed E-state index contributed by atoms with van der Waals surface area (Å²) in [5, 5.41) is 5.21. The molecule has 1 aliphatic rings. The van der Waals surface area contributed by atoms with Gasteiger partial charge in [-0.2, -0.15) is 0 Å². The number of hydrogen-bond donors (Lipinski definition) is 1. The van der Waals surface area contributed by atoms with Crippen LogP contribution in [-0.2, 0) is 28.8 Å². The molecule has 6 heteroatoms. The Morgan fingerprint density at radius 1 is 1.03 bits per heavy atom. The molecule has 1 amide bonds. The Labute approximate surface area is 198 Å². The van der Waals surface area contributed by atoms with E-state index in [2.05, 4.69) is 30.4 Å². The van der Waals surface area contributed by atoms with Crippen molar-refractivity contribution in [3.63, 3.8) is 0 Å². The highest BCUT2D eigenvalue weighted by molar-refractivity contribution is 7.15. The molecule has 0 spiro atoms. The molecule has 0 saturated carbocycles. The summed E-state index contributed by atoms with van der Waals surface area (Å²) in [4.78, 5) is 25.2. The molecule has 4 rings (SSSR count). The predicted molar refractivity (Wildman–Crippen MR) is 132 cm³/mol. The SMILES string of the molecule is CCCc1ccc(OCC(=O)Nc2scc(-c3ccc4c(c3)CCCC4)c2C(=O)OC)cc1. The van der Waals surface area contributed by atoms with Crippen LogP contribution >= 0.6 is 11.3 Å². The van der Waals surface area contributed by atoms with E-state index in [1.165, 1.54) is 48.0 Å². The van der Waals surface area contributed by atoms with Gasteiger partial charge in [0.05, 0.1) is 7.11 Å². The van der Waals surface area contributed by atoms with Crippen molar-refractivity contribution >= 4 is 28.2 Å². The summed E-state index contributed by atoms with van der Waals surface area (Å²) < 4.78 is 10.7. The van der Waals surface area contributed by atoms with Gasteiger partial charge in [-0.3, -0.25) is 4.79 Å². The van der Waals surface area contributed by atoms with Crippen LogP contribution in [0.4, 0.5) is 5.00 Å². The highest BCUT2D eigenvalue weighted by Crippen LogP contribution is 2.37. The second-order valence-corrected chi connectivity index (χ2v) is 9.15. The van der Waals surface area contributed by atoms with Gasteiger partial charge < -0.3 is 14.8 Å². The van der Waals surface area contributed by atoms with Gasteiger partial charge in [-0.1, -0.05) is 43.7 Å². The van der Waals surface area contributed by atoms with Crippen LogP contribution in [0.25, 0.3) is 11.1 Å². The van der Waals surface area contributed by atoms with E-state index >= 15 is 0 Å². The number of hydrogen-bond acceptors (Lipinski definition) is 5. The van der Waals surface area contributed by atoms with Crippen LogP contribution in [0.3, 0.4) is 0 Å². The van der Waals surface area contributed by atoms with Crippen molar-refractivity contribution in [2.24, 2.45) is 0 Å². The molecule has 0 unspecified atom stereocenters. The highest BCUT2D eigenvalue weighted by atomic mass is 32.1. The lowest BCUT2D eigenvalue weighted by Crippen LogP contribution is -2.21. The third kappa shape index (κ3) is 5.45. The van der Waals surface area contributed by atoms with Gasteiger partial charge in [0.15, 0.2) is 6.61 Å². The van der Waals surface area contributed by atoms with E-state index in [0.717, 1.165) is 36.8 Å². The summed E-state index contributed by atoms with van der Waals surface area (Å²) in [6, 6.07) is 14.1. The molecule has 2 aromatic carbocycles. The molecule has 0 radical (unpaired) electrons. The second kappa shape index (κ2) is 10.7. The van der Waals surface area contributed by atoms with Crippen LogP contribution in [0.2, 0.25) is 0 Å². The fourth-order valence-electron chi connectivity index (χ4n) is 4.22. The molecule has 1 N–H and O–H groups in total. The number of aryl methyl sites for hydroxylation is 3. The summed E-state index contributed by atoms with van der Waals surface area (Å²) in [5.74, 6) is -0.151. The van der Waals surface area contributed by atoms with Gasteiger partial charge in [0.2, 0.25) is 0 Å². The minimum Gasteiger partial charge on any atom is -0.484 e. The Balaban J connectivity index is 1.49. The van der Waals surface area contributed by atoms with Gasteiger partial charge in [0.25, 0.3) is 5.91 Å². The predicted octanol–water partition coefficient (Wildman–Crippen LogP) is 6.05. The summed E-state index contributed by atoms with van der Waals surface area (Å²) in [6.45, 7) is 2.00. The maximum atomic E-state index is 12.6. The fraction of sp³-hybridized carbons (Fsp3) is 0.333. The monoisotopic (exact) mass is 463 g/mol. The van der Waals surface area contributed by atoms with Gasteiger partial charge in [0.1, 0.15) is 16.3 Å². The molecule has 1 aliphatic carbocycles. The van der Waals surface area contributed by atoms with E-state index in [4.69, 9.17) is 9.47 Å². The minimum atomic E-state index is -0.466. The van der Waals surface area contributed by atoms with Crippen molar-refractivity contribution in [1.82, 2.24) is 0 Å². The Kier molecular flexibility index (Phi) is 7.45. The molecule has 1 heterocycles. The number of fused-ring (bicyclic) bond motifs is 1. The van der Waals surface area contributed by atoms with E-state index in [1.54, 1.807) is 0 Å². The van der Waals surface area contributed by atoms with Gasteiger partial charge in [-0.05, 0) is 66.5 Å². The topological polar surface area (TPSA) is 64.6 Å². The number of esters is 1. The molecule has 33 heavy (non-hydrogen) atoms. The number of rotatable bonds is 8. The number of carbonyl (C=O) groups excluding carboxylic acids is 2. The van der Waals surface area contributed by atoms with Crippen molar-refractivity contribution in [2.45, 2.75) is 45.4 Å². The maximum Gasteiger partial charge on any atom is 0.341 e. The maximum absolute atomic E-state index is 12.6. The normalized spacial score (nSPS) is 12.7. The minimum absolute atomic E-state index is 0.139. The Bertz CT molecular complexity index is 1130. The Morgan fingerprint density at radius 2 is 1.79 bits per heavy atom. The molecule has 0 bridgehead atoms. The summed E-state index contributed by atoms with van der Waals surface area (Å²) in [6.07, 6.45) is 6.67. The lowest BCUT2D eigenvalue weighted by molar-refractivity contribution is -0.118. The molecular formula is C27H29NO4S. The van der Waals surface area contributed by atoms with Crippen molar-refractivity contribution in [1.29, 1.82) is 0 Å². The zero-order valence-corrected chi connectivity index (χ0v) is 19.9. The van der Waals surface area contributed by atoms with Gasteiger partial charge >= 0.3 is 5.97 Å². The second-order valence-electron chi connectivity index (χ2n) is 8.27. The summed E-state index contributed by atoms with van der Waals surface area (Å²) >= 11 is 1.32. The molecule has 0 atom stereocenters. The van der Waals surface area contributed by atoms with Crippen LogP contribution < -0.4 is 10.1 Å². The van der Waals surface area contributed by atoms with Crippen LogP contribution in [0, 0.1) is 0 Å². The molecule has 1 aromatic heterocycles. The highest BCUT2D eigenvalue weighted by Gasteiger charge is 2.23. The third-order valence-electron chi connectivity index (χ3n) is 5.92. The lowest BCUT2D eigenvalue weighted by atomic mass is 9.89. The fourth-order valence-corrected chi connectivity index (χ4v) is 5.19. The summed E-state index contributed by atoms with van der Waals surface area (Å²) in [5.41, 5.74) is 6.10. The van der Waals surface area contributed by atoms with E-state index in [9.17, 15) is 9.59 Å². The first-order chi connectivity index (χ1) is 16.1. The lowest BCUT2D eigenvalue weighted by Gasteiger charge is -2.16. The van der Waals surface area contributed by atoms with Crippen molar-refractivity contribution in [3.05, 3.63) is 70.1 Å². The third-order valence-corrected chi connectivity index (χ3v) is 6.82. The zero-order valence-electron chi connectivity index (χ0n) is 19.1. The van der Waals surface area contributed by atoms with Gasteiger partial charge in [0, 0.05) is 10.9 Å². The van der Waals surface area contributed by atoms with E-state index < -0.39 is 5.97 Å². The average molecular weight is 464 g/mol. The van der Waals surface area contributed by atoms with Crippen molar-refractivity contribution in [2.75, 3.05) is 19.0 Å². The molecule has 5 nitrogen and oxygen atoms in total. The smallest absolute Gasteiger partial charge is 0.341 e. The Morgan fingerprint density at radius 3 is 2.52 bits per heavy atom. The summed E-state index contributed by atoms with van der Waals surface area (Å²) in [7, 11) is 1.35. The molecule has 0 aliphatic heterocycles. The van der Waals surface area contributed by atoms with Crippen molar-refractivity contribution in [3.8, 4) is 16.9 Å². The van der Waals surface area contributed by atoms with E-state index in [0.29, 0.717) is 16.3 Å². The number of carbonyl (C=O) groups is 2. The first kappa shape index (κ1) is 23.1. The number of amides is 1. The largest absolute Gasteiger partial charge is 0.484 e. The number of anilines is 1. The van der Waals surface area contributed by atoms with Crippen LogP contribution in [0.1, 0.15) is 53.2 Å². The van der Waals surface area contributed by atoms with Gasteiger partial charge in [-0.15, -0.1) is 11.3 Å². The number of benzene rings is 2. The molecular weight excluding hydrogens is 434 g/mol. The van der Waals surface area contributed by atoms with Crippen LogP contribution in [0.15, 0.2) is 47.8 Å². The number of methoxy groups -OCH3 is 1. The standard InChI is InChI=1S/C27H29NO4S/c1-3-6-18-9-13-22(14-10-18)32-16-24(29)28-26-25(27(30)31-2)23(17-33-26)21-12-11-19-7-4-5-8-20(19)15-21/h9-15,17H,3-8,16H2,1-2H3,(H,28,29). The molecule has 3 aromatic rings. The average Bonchev–Trinajstić information content (AvgIpc) is 3.26. The Hall–Kier alpha value is -3.12. The van der Waals surface area contributed by atoms with Crippen LogP contribution in [-0.4, -0.2) is 25.6 Å². The number of ether oxygens (including phenoxy) is 2. The first-order valence-electron chi connectivity index (χ1n) is 11.4.